The normalized spacial score (nSPS) is 13.4. The minimum atomic E-state index is -0.104. The number of hydrogen-bond acceptors (Lipinski definition) is 2. The van der Waals surface area contributed by atoms with E-state index in [1.54, 1.807) is 0 Å². The van der Waals surface area contributed by atoms with Crippen LogP contribution in [0.25, 0.3) is 0 Å². The molecule has 1 saturated carbocycles. The third-order valence-corrected chi connectivity index (χ3v) is 4.44. The van der Waals surface area contributed by atoms with Crippen LogP contribution in [-0.2, 0) is 16.0 Å². The summed E-state index contributed by atoms with van der Waals surface area (Å²) in [5, 5.41) is 2.74. The minimum absolute atomic E-state index is 0.104. The van der Waals surface area contributed by atoms with E-state index in [0.717, 1.165) is 34.3 Å². The molecule has 0 aliphatic heterocycles. The van der Waals surface area contributed by atoms with Crippen molar-refractivity contribution in [3.05, 3.63) is 58.6 Å². The van der Waals surface area contributed by atoms with Crippen molar-refractivity contribution in [2.24, 2.45) is 0 Å². The van der Waals surface area contributed by atoms with E-state index in [2.05, 4.69) is 21.2 Å². The molecule has 1 fully saturated rings. The molecule has 0 unspecified atom stereocenters. The molecule has 0 bridgehead atoms. The van der Waals surface area contributed by atoms with Crippen molar-refractivity contribution in [2.45, 2.75) is 32.2 Å². The van der Waals surface area contributed by atoms with Crippen LogP contribution in [0.3, 0.4) is 0 Å². The molecule has 1 aliphatic carbocycles. The third kappa shape index (κ3) is 4.23. The first-order valence-corrected chi connectivity index (χ1v) is 8.76. The lowest BCUT2D eigenvalue weighted by atomic mass is 10.1. The summed E-state index contributed by atoms with van der Waals surface area (Å²) in [5.41, 5.74) is 2.62. The summed E-state index contributed by atoms with van der Waals surface area (Å²) in [5.74, 6) is 0.000198. The highest BCUT2D eigenvalue weighted by atomic mass is 79.9. The van der Waals surface area contributed by atoms with Crippen LogP contribution in [0.5, 0.6) is 0 Å². The predicted molar refractivity (Wildman–Crippen MR) is 99.1 cm³/mol. The molecule has 124 valence electrons. The number of anilines is 2. The molecular formula is C19H19BrN2O2. The average molecular weight is 387 g/mol. The fourth-order valence-electron chi connectivity index (χ4n) is 2.66. The number of rotatable bonds is 5. The van der Waals surface area contributed by atoms with Gasteiger partial charge in [0.2, 0.25) is 11.8 Å². The Morgan fingerprint density at radius 3 is 2.25 bits per heavy atom. The second-order valence-electron chi connectivity index (χ2n) is 6.03. The Labute approximate surface area is 150 Å². The van der Waals surface area contributed by atoms with Crippen LogP contribution in [0.1, 0.15) is 25.3 Å². The van der Waals surface area contributed by atoms with Crippen molar-refractivity contribution in [3.8, 4) is 0 Å². The molecular weight excluding hydrogens is 368 g/mol. The number of carbonyl (C=O) groups excluding carboxylic acids is 2. The van der Waals surface area contributed by atoms with E-state index in [4.69, 9.17) is 0 Å². The van der Waals surface area contributed by atoms with E-state index in [1.165, 1.54) is 6.92 Å². The van der Waals surface area contributed by atoms with Crippen molar-refractivity contribution in [1.82, 2.24) is 0 Å². The van der Waals surface area contributed by atoms with Crippen LogP contribution in [0, 0.1) is 0 Å². The average Bonchev–Trinajstić information content (AvgIpc) is 3.36. The van der Waals surface area contributed by atoms with Gasteiger partial charge >= 0.3 is 0 Å². The van der Waals surface area contributed by atoms with Crippen LogP contribution in [0.15, 0.2) is 53.0 Å². The first-order chi connectivity index (χ1) is 11.5. The Bertz CT molecular complexity index is 737. The quantitative estimate of drug-likeness (QED) is 0.838. The van der Waals surface area contributed by atoms with E-state index < -0.39 is 0 Å². The highest BCUT2D eigenvalue weighted by Gasteiger charge is 2.33. The maximum absolute atomic E-state index is 12.8. The maximum Gasteiger partial charge on any atom is 0.231 e. The van der Waals surface area contributed by atoms with Crippen molar-refractivity contribution < 1.29 is 9.59 Å². The zero-order valence-corrected chi connectivity index (χ0v) is 15.0. The van der Waals surface area contributed by atoms with Crippen molar-refractivity contribution >= 4 is 39.1 Å². The molecule has 0 heterocycles. The van der Waals surface area contributed by atoms with Crippen LogP contribution in [-0.4, -0.2) is 17.9 Å². The first-order valence-electron chi connectivity index (χ1n) is 7.97. The molecule has 2 aromatic carbocycles. The lowest BCUT2D eigenvalue weighted by Crippen LogP contribution is -2.34. The number of nitrogens with one attached hydrogen (secondary N) is 1. The van der Waals surface area contributed by atoms with Gasteiger partial charge in [-0.25, -0.2) is 0 Å². The topological polar surface area (TPSA) is 49.4 Å². The SMILES string of the molecule is CC(=O)Nc1ccc(N(C(=O)Cc2ccc(Br)cc2)C2CC2)cc1. The Hall–Kier alpha value is -2.14. The Kier molecular flexibility index (Phi) is 5.00. The Balaban J connectivity index is 1.75. The second-order valence-corrected chi connectivity index (χ2v) is 6.94. The van der Waals surface area contributed by atoms with Gasteiger partial charge in [0.05, 0.1) is 6.42 Å². The van der Waals surface area contributed by atoms with Gasteiger partial charge in [-0.15, -0.1) is 0 Å². The van der Waals surface area contributed by atoms with E-state index in [-0.39, 0.29) is 11.8 Å². The number of carbonyl (C=O) groups is 2. The highest BCUT2D eigenvalue weighted by Crippen LogP contribution is 2.33. The standard InChI is InChI=1S/C19H19BrN2O2/c1-13(23)21-16-6-8-17(9-7-16)22(18-10-11-18)19(24)12-14-2-4-15(20)5-3-14/h2-9,18H,10-12H2,1H3,(H,21,23). The van der Waals surface area contributed by atoms with E-state index >= 15 is 0 Å². The smallest absolute Gasteiger partial charge is 0.231 e. The molecule has 0 radical (unpaired) electrons. The van der Waals surface area contributed by atoms with Crippen LogP contribution in [0.4, 0.5) is 11.4 Å². The van der Waals surface area contributed by atoms with Gasteiger partial charge in [-0.2, -0.15) is 0 Å². The fraction of sp³-hybridized carbons (Fsp3) is 0.263. The fourth-order valence-corrected chi connectivity index (χ4v) is 2.93. The van der Waals surface area contributed by atoms with Gasteiger partial charge in [-0.1, -0.05) is 28.1 Å². The molecule has 3 rings (SSSR count). The van der Waals surface area contributed by atoms with Crippen molar-refractivity contribution in [2.75, 3.05) is 10.2 Å². The summed E-state index contributed by atoms with van der Waals surface area (Å²) in [6.07, 6.45) is 2.47. The van der Waals surface area contributed by atoms with E-state index in [9.17, 15) is 9.59 Å². The number of hydrogen-bond donors (Lipinski definition) is 1. The molecule has 2 amide bonds. The second kappa shape index (κ2) is 7.18. The maximum atomic E-state index is 12.8. The highest BCUT2D eigenvalue weighted by molar-refractivity contribution is 9.10. The van der Waals surface area contributed by atoms with Crippen LogP contribution < -0.4 is 10.2 Å². The Morgan fingerprint density at radius 1 is 1.08 bits per heavy atom. The number of nitrogens with zero attached hydrogens (tertiary/aromatic N) is 1. The van der Waals surface area contributed by atoms with Gasteiger partial charge in [-0.3, -0.25) is 9.59 Å². The van der Waals surface area contributed by atoms with E-state index in [1.807, 2.05) is 53.4 Å². The predicted octanol–water partition coefficient (Wildman–Crippen LogP) is 4.15. The summed E-state index contributed by atoms with van der Waals surface area (Å²) < 4.78 is 1.01. The Morgan fingerprint density at radius 2 is 1.71 bits per heavy atom. The van der Waals surface area contributed by atoms with Crippen molar-refractivity contribution in [1.29, 1.82) is 0 Å². The van der Waals surface area contributed by atoms with Gasteiger partial charge in [0.25, 0.3) is 0 Å². The van der Waals surface area contributed by atoms with Crippen LogP contribution >= 0.6 is 15.9 Å². The van der Waals surface area contributed by atoms with Crippen LogP contribution in [0.2, 0.25) is 0 Å². The summed E-state index contributed by atoms with van der Waals surface area (Å²) in [7, 11) is 0. The molecule has 0 aromatic heterocycles. The lowest BCUT2D eigenvalue weighted by Gasteiger charge is -2.23. The third-order valence-electron chi connectivity index (χ3n) is 3.92. The first kappa shape index (κ1) is 16.7. The van der Waals surface area contributed by atoms with Gasteiger partial charge in [0.15, 0.2) is 0 Å². The van der Waals surface area contributed by atoms with Gasteiger partial charge in [-0.05, 0) is 54.8 Å². The number of amides is 2. The van der Waals surface area contributed by atoms with Crippen molar-refractivity contribution in [3.63, 3.8) is 0 Å². The van der Waals surface area contributed by atoms with Gasteiger partial charge in [0.1, 0.15) is 0 Å². The van der Waals surface area contributed by atoms with E-state index in [0.29, 0.717) is 12.5 Å². The summed E-state index contributed by atoms with van der Waals surface area (Å²) in [4.78, 5) is 25.8. The molecule has 0 saturated heterocycles. The number of halogens is 1. The molecule has 2 aromatic rings. The number of benzene rings is 2. The molecule has 4 nitrogen and oxygen atoms in total. The molecule has 24 heavy (non-hydrogen) atoms. The molecule has 1 aliphatic rings. The summed E-state index contributed by atoms with van der Waals surface area (Å²) in [6.45, 7) is 1.48. The summed E-state index contributed by atoms with van der Waals surface area (Å²) in [6, 6.07) is 15.6. The summed E-state index contributed by atoms with van der Waals surface area (Å²) >= 11 is 3.41. The zero-order valence-electron chi connectivity index (χ0n) is 13.5. The monoisotopic (exact) mass is 386 g/mol. The zero-order chi connectivity index (χ0) is 17.1. The lowest BCUT2D eigenvalue weighted by molar-refractivity contribution is -0.118. The molecule has 1 N–H and O–H groups in total. The largest absolute Gasteiger partial charge is 0.326 e. The minimum Gasteiger partial charge on any atom is -0.326 e. The molecule has 0 atom stereocenters. The van der Waals surface area contributed by atoms with Gasteiger partial charge in [0, 0.05) is 28.8 Å². The molecule has 0 spiro atoms. The van der Waals surface area contributed by atoms with Gasteiger partial charge < -0.3 is 10.2 Å². The molecule has 5 heteroatoms.